The zero-order valence-corrected chi connectivity index (χ0v) is 16.8. The predicted molar refractivity (Wildman–Crippen MR) is 108 cm³/mol. The predicted octanol–water partition coefficient (Wildman–Crippen LogP) is 2.40. The zero-order valence-electron chi connectivity index (χ0n) is 15.3. The van der Waals surface area contributed by atoms with E-state index in [-0.39, 0.29) is 43.1 Å². The monoisotopic (exact) mass is 410 g/mol. The lowest BCUT2D eigenvalue weighted by Crippen LogP contribution is -2.37. The third-order valence-corrected chi connectivity index (χ3v) is 4.98. The van der Waals surface area contributed by atoms with E-state index >= 15 is 0 Å². The summed E-state index contributed by atoms with van der Waals surface area (Å²) in [6.07, 6.45) is 0. The number of anilines is 2. The minimum atomic E-state index is -0.212. The Balaban J connectivity index is 2.08. The van der Waals surface area contributed by atoms with Crippen LogP contribution in [0.5, 0.6) is 0 Å². The van der Waals surface area contributed by atoms with Crippen LogP contribution in [0.2, 0.25) is 5.15 Å². The summed E-state index contributed by atoms with van der Waals surface area (Å²) >= 11 is 7.25. The standard InChI is InChI=1S/C18H23ClN4O3S/c1-12-4-3-5-14(13(12)2)20-16-10-15(19)21-18(22-16)27-11-17(26)23(6-8-24)7-9-25/h3-5,10,24-25H,6-9,11H2,1-2H3,(H,20,21,22). The smallest absolute Gasteiger partial charge is 0.233 e. The van der Waals surface area contributed by atoms with Crippen LogP contribution in [0.3, 0.4) is 0 Å². The van der Waals surface area contributed by atoms with Crippen LogP contribution < -0.4 is 5.32 Å². The number of aromatic nitrogens is 2. The lowest BCUT2D eigenvalue weighted by Gasteiger charge is -2.20. The Morgan fingerprint density at radius 3 is 2.59 bits per heavy atom. The lowest BCUT2D eigenvalue weighted by molar-refractivity contribution is -0.129. The van der Waals surface area contributed by atoms with Crippen molar-refractivity contribution in [3.8, 4) is 0 Å². The number of nitrogens with one attached hydrogen (secondary N) is 1. The van der Waals surface area contributed by atoms with Gasteiger partial charge in [0.05, 0.1) is 19.0 Å². The van der Waals surface area contributed by atoms with Crippen LogP contribution in [-0.4, -0.2) is 63.0 Å². The van der Waals surface area contributed by atoms with E-state index in [9.17, 15) is 4.79 Å². The molecule has 7 nitrogen and oxygen atoms in total. The van der Waals surface area contributed by atoms with Crippen LogP contribution in [0.1, 0.15) is 11.1 Å². The van der Waals surface area contributed by atoms with E-state index in [2.05, 4.69) is 15.3 Å². The first-order chi connectivity index (χ1) is 12.9. The maximum absolute atomic E-state index is 12.2. The van der Waals surface area contributed by atoms with E-state index in [1.54, 1.807) is 6.07 Å². The Morgan fingerprint density at radius 1 is 1.22 bits per heavy atom. The van der Waals surface area contributed by atoms with Crippen molar-refractivity contribution >= 4 is 40.8 Å². The van der Waals surface area contributed by atoms with Crippen molar-refractivity contribution in [1.29, 1.82) is 0 Å². The van der Waals surface area contributed by atoms with Crippen molar-refractivity contribution in [1.82, 2.24) is 14.9 Å². The summed E-state index contributed by atoms with van der Waals surface area (Å²) in [4.78, 5) is 22.2. The number of hydrogen-bond acceptors (Lipinski definition) is 7. The second-order valence-electron chi connectivity index (χ2n) is 5.85. The molecule has 0 radical (unpaired) electrons. The van der Waals surface area contributed by atoms with Gasteiger partial charge in [-0.05, 0) is 31.0 Å². The number of benzene rings is 1. The Kier molecular flexibility index (Phi) is 8.30. The molecule has 9 heteroatoms. The van der Waals surface area contributed by atoms with Gasteiger partial charge >= 0.3 is 0 Å². The summed E-state index contributed by atoms with van der Waals surface area (Å²) in [7, 11) is 0. The minimum Gasteiger partial charge on any atom is -0.395 e. The first-order valence-electron chi connectivity index (χ1n) is 8.44. The van der Waals surface area contributed by atoms with E-state index in [1.807, 2.05) is 32.0 Å². The van der Waals surface area contributed by atoms with Crippen LogP contribution in [-0.2, 0) is 4.79 Å². The largest absolute Gasteiger partial charge is 0.395 e. The van der Waals surface area contributed by atoms with E-state index < -0.39 is 0 Å². The van der Waals surface area contributed by atoms with Crippen LogP contribution >= 0.6 is 23.4 Å². The van der Waals surface area contributed by atoms with Gasteiger partial charge in [-0.3, -0.25) is 4.79 Å². The molecule has 0 aliphatic carbocycles. The average molecular weight is 411 g/mol. The van der Waals surface area contributed by atoms with E-state index in [0.717, 1.165) is 28.6 Å². The quantitative estimate of drug-likeness (QED) is 0.331. The van der Waals surface area contributed by atoms with Gasteiger partial charge in [-0.15, -0.1) is 0 Å². The molecule has 0 atom stereocenters. The molecule has 3 N–H and O–H groups in total. The highest BCUT2D eigenvalue weighted by molar-refractivity contribution is 7.99. The number of hydrogen-bond donors (Lipinski definition) is 3. The molecule has 1 amide bonds. The van der Waals surface area contributed by atoms with Crippen LogP contribution in [0.15, 0.2) is 29.4 Å². The maximum atomic E-state index is 12.2. The summed E-state index contributed by atoms with van der Waals surface area (Å²) in [5.41, 5.74) is 3.20. The molecule has 1 heterocycles. The number of aryl methyl sites for hydroxylation is 1. The van der Waals surface area contributed by atoms with Crippen molar-refractivity contribution < 1.29 is 15.0 Å². The summed E-state index contributed by atoms with van der Waals surface area (Å²) < 4.78 is 0. The highest BCUT2D eigenvalue weighted by Crippen LogP contribution is 2.25. The van der Waals surface area contributed by atoms with Gasteiger partial charge in [-0.1, -0.05) is 35.5 Å². The Morgan fingerprint density at radius 2 is 1.93 bits per heavy atom. The number of thioether (sulfide) groups is 1. The number of carbonyl (C=O) groups is 1. The van der Waals surface area contributed by atoms with Gasteiger partial charge in [0.15, 0.2) is 5.16 Å². The molecular weight excluding hydrogens is 388 g/mol. The summed E-state index contributed by atoms with van der Waals surface area (Å²) in [5, 5.41) is 21.9. The fourth-order valence-corrected chi connectivity index (χ4v) is 3.36. The highest BCUT2D eigenvalue weighted by Gasteiger charge is 2.14. The molecule has 2 rings (SSSR count). The number of aliphatic hydroxyl groups is 2. The van der Waals surface area contributed by atoms with Crippen molar-refractivity contribution in [2.45, 2.75) is 19.0 Å². The first kappa shape index (κ1) is 21.4. The van der Waals surface area contributed by atoms with Crippen molar-refractivity contribution in [3.63, 3.8) is 0 Å². The average Bonchev–Trinajstić information content (AvgIpc) is 2.63. The molecule has 0 spiro atoms. The van der Waals surface area contributed by atoms with Gasteiger partial charge < -0.3 is 20.4 Å². The van der Waals surface area contributed by atoms with Gasteiger partial charge in [0.25, 0.3) is 0 Å². The molecule has 0 bridgehead atoms. The Labute approximate surface area is 167 Å². The molecule has 0 aliphatic rings. The lowest BCUT2D eigenvalue weighted by atomic mass is 10.1. The highest BCUT2D eigenvalue weighted by atomic mass is 35.5. The third-order valence-electron chi connectivity index (χ3n) is 3.96. The minimum absolute atomic E-state index is 0.0866. The van der Waals surface area contributed by atoms with Crippen LogP contribution in [0.4, 0.5) is 11.5 Å². The number of nitrogens with zero attached hydrogens (tertiary/aromatic N) is 3. The van der Waals surface area contributed by atoms with E-state index in [4.69, 9.17) is 21.8 Å². The van der Waals surface area contributed by atoms with E-state index in [0.29, 0.717) is 11.0 Å². The van der Waals surface area contributed by atoms with Gasteiger partial charge in [-0.2, -0.15) is 0 Å². The molecule has 146 valence electrons. The number of amides is 1. The molecular formula is C18H23ClN4O3S. The maximum Gasteiger partial charge on any atom is 0.233 e. The van der Waals surface area contributed by atoms with Crippen molar-refractivity contribution in [3.05, 3.63) is 40.5 Å². The fraction of sp³-hybridized carbons (Fsp3) is 0.389. The normalized spacial score (nSPS) is 10.7. The molecule has 2 aromatic rings. The SMILES string of the molecule is Cc1cccc(Nc2cc(Cl)nc(SCC(=O)N(CCO)CCO)n2)c1C. The van der Waals surface area contributed by atoms with E-state index in [1.165, 1.54) is 4.90 Å². The number of halogens is 1. The molecule has 0 unspecified atom stereocenters. The van der Waals surface area contributed by atoms with Crippen molar-refractivity contribution in [2.75, 3.05) is 37.4 Å². The second-order valence-corrected chi connectivity index (χ2v) is 7.18. The molecule has 1 aromatic heterocycles. The first-order valence-corrected chi connectivity index (χ1v) is 9.81. The van der Waals surface area contributed by atoms with Gasteiger partial charge in [-0.25, -0.2) is 9.97 Å². The van der Waals surface area contributed by atoms with Gasteiger partial charge in [0.1, 0.15) is 11.0 Å². The molecule has 0 aliphatic heterocycles. The topological polar surface area (TPSA) is 98.6 Å². The molecule has 0 saturated heterocycles. The summed E-state index contributed by atoms with van der Waals surface area (Å²) in [6, 6.07) is 7.57. The zero-order chi connectivity index (χ0) is 19.8. The molecule has 1 aromatic carbocycles. The summed E-state index contributed by atoms with van der Waals surface area (Å²) in [6.45, 7) is 4.09. The van der Waals surface area contributed by atoms with Crippen LogP contribution in [0, 0.1) is 13.8 Å². The third kappa shape index (κ3) is 6.35. The molecule has 27 heavy (non-hydrogen) atoms. The van der Waals surface area contributed by atoms with Gasteiger partial charge in [0, 0.05) is 24.8 Å². The molecule has 0 fully saturated rings. The molecule has 0 saturated carbocycles. The Bertz CT molecular complexity index is 785. The van der Waals surface area contributed by atoms with Crippen molar-refractivity contribution in [2.24, 2.45) is 0 Å². The number of carbonyl (C=O) groups excluding carboxylic acids is 1. The second kappa shape index (κ2) is 10.5. The summed E-state index contributed by atoms with van der Waals surface area (Å²) in [5.74, 6) is 0.417. The number of aliphatic hydroxyl groups excluding tert-OH is 2. The van der Waals surface area contributed by atoms with Gasteiger partial charge in [0.2, 0.25) is 5.91 Å². The van der Waals surface area contributed by atoms with Crippen LogP contribution in [0.25, 0.3) is 0 Å². The Hall–Kier alpha value is -1.87. The fourth-order valence-electron chi connectivity index (χ4n) is 2.37. The number of rotatable bonds is 9.